The minimum atomic E-state index is -3.49. The van der Waals surface area contributed by atoms with Gasteiger partial charge < -0.3 is 4.74 Å². The lowest BCUT2D eigenvalue weighted by Crippen LogP contribution is -2.37. The standard InChI is InChI=1S/C12H14O6S2/c1-2-10(14)19-5-9(13)17-11-6-3-7-8(4-6)20(15,16)18-12(7)11/h2,6-8,11-12H,1,3-5H2. The van der Waals surface area contributed by atoms with Crippen LogP contribution in [-0.2, 0) is 28.6 Å². The number of hydrogen-bond acceptors (Lipinski definition) is 7. The van der Waals surface area contributed by atoms with E-state index in [4.69, 9.17) is 8.92 Å². The average Bonchev–Trinajstić information content (AvgIpc) is 3.00. The summed E-state index contributed by atoms with van der Waals surface area (Å²) in [4.78, 5) is 22.7. The molecule has 8 heteroatoms. The molecular weight excluding hydrogens is 304 g/mol. The van der Waals surface area contributed by atoms with Crippen molar-refractivity contribution in [3.05, 3.63) is 12.7 Å². The molecule has 3 aliphatic rings. The molecule has 5 atom stereocenters. The maximum Gasteiger partial charge on any atom is 0.316 e. The normalized spacial score (nSPS) is 39.7. The van der Waals surface area contributed by atoms with Gasteiger partial charge in [0.1, 0.15) is 12.2 Å². The van der Waals surface area contributed by atoms with Crippen LogP contribution in [-0.4, -0.2) is 42.7 Å². The van der Waals surface area contributed by atoms with Crippen molar-refractivity contribution in [3.63, 3.8) is 0 Å². The summed E-state index contributed by atoms with van der Waals surface area (Å²) < 4.78 is 33.9. The molecule has 6 nitrogen and oxygen atoms in total. The average molecular weight is 318 g/mol. The number of carbonyl (C=O) groups excluding carboxylic acids is 2. The second-order valence-corrected chi connectivity index (χ2v) is 8.02. The maximum absolute atomic E-state index is 11.7. The van der Waals surface area contributed by atoms with E-state index in [9.17, 15) is 18.0 Å². The molecule has 3 rings (SSSR count). The number of hydrogen-bond donors (Lipinski definition) is 0. The van der Waals surface area contributed by atoms with Crippen LogP contribution in [0.4, 0.5) is 0 Å². The van der Waals surface area contributed by atoms with Crippen molar-refractivity contribution < 1.29 is 26.9 Å². The molecule has 1 aliphatic heterocycles. The van der Waals surface area contributed by atoms with Gasteiger partial charge in [-0.3, -0.25) is 13.8 Å². The van der Waals surface area contributed by atoms with Crippen molar-refractivity contribution in [1.29, 1.82) is 0 Å². The Kier molecular flexibility index (Phi) is 3.42. The fraction of sp³-hybridized carbons (Fsp3) is 0.667. The lowest BCUT2D eigenvalue weighted by molar-refractivity contribution is -0.152. The predicted octanol–water partition coefficient (Wildman–Crippen LogP) is 0.481. The molecule has 2 aliphatic carbocycles. The van der Waals surface area contributed by atoms with Gasteiger partial charge >= 0.3 is 5.97 Å². The summed E-state index contributed by atoms with van der Waals surface area (Å²) in [5, 5.41) is -0.723. The topological polar surface area (TPSA) is 86.7 Å². The van der Waals surface area contributed by atoms with Crippen LogP contribution in [0.3, 0.4) is 0 Å². The van der Waals surface area contributed by atoms with Crippen molar-refractivity contribution in [1.82, 2.24) is 0 Å². The van der Waals surface area contributed by atoms with Crippen molar-refractivity contribution in [3.8, 4) is 0 Å². The summed E-state index contributed by atoms with van der Waals surface area (Å²) in [7, 11) is -3.49. The third-order valence-electron chi connectivity index (χ3n) is 4.18. The molecular formula is C12H14O6S2. The number of thioether (sulfide) groups is 1. The van der Waals surface area contributed by atoms with E-state index in [-0.39, 0.29) is 22.7 Å². The first kappa shape index (κ1) is 14.1. The van der Waals surface area contributed by atoms with E-state index in [1.165, 1.54) is 0 Å². The molecule has 0 aromatic heterocycles. The van der Waals surface area contributed by atoms with Crippen LogP contribution in [0.5, 0.6) is 0 Å². The highest BCUT2D eigenvalue weighted by atomic mass is 32.2. The van der Waals surface area contributed by atoms with Crippen LogP contribution in [0.2, 0.25) is 0 Å². The third-order valence-corrected chi connectivity index (χ3v) is 6.79. The fourth-order valence-corrected chi connectivity index (χ4v) is 5.75. The number of ether oxygens (including phenoxy) is 1. The molecule has 2 bridgehead atoms. The lowest BCUT2D eigenvalue weighted by atomic mass is 9.94. The highest BCUT2D eigenvalue weighted by molar-refractivity contribution is 8.14. The summed E-state index contributed by atoms with van der Waals surface area (Å²) in [6.45, 7) is 3.31. The Morgan fingerprint density at radius 2 is 2.15 bits per heavy atom. The minimum absolute atomic E-state index is 0.0507. The van der Waals surface area contributed by atoms with E-state index >= 15 is 0 Å². The largest absolute Gasteiger partial charge is 0.459 e. The van der Waals surface area contributed by atoms with Gasteiger partial charge in [-0.2, -0.15) is 8.42 Å². The van der Waals surface area contributed by atoms with Crippen molar-refractivity contribution in [2.75, 3.05) is 5.75 Å². The van der Waals surface area contributed by atoms with Gasteiger partial charge in [0.2, 0.25) is 5.12 Å². The lowest BCUT2D eigenvalue weighted by Gasteiger charge is -2.24. The highest BCUT2D eigenvalue weighted by Gasteiger charge is 2.65. The predicted molar refractivity (Wildman–Crippen MR) is 71.3 cm³/mol. The summed E-state index contributed by atoms with van der Waals surface area (Å²) in [5.74, 6) is -0.615. The van der Waals surface area contributed by atoms with E-state index in [0.29, 0.717) is 6.42 Å². The van der Waals surface area contributed by atoms with Gasteiger partial charge in [-0.25, -0.2) is 0 Å². The van der Waals surface area contributed by atoms with Gasteiger partial charge in [0.25, 0.3) is 10.1 Å². The first-order valence-corrected chi connectivity index (χ1v) is 8.79. The summed E-state index contributed by atoms with van der Waals surface area (Å²) in [6.07, 6.45) is 1.33. The summed E-state index contributed by atoms with van der Waals surface area (Å²) in [6, 6.07) is 0. The van der Waals surface area contributed by atoms with E-state index in [0.717, 1.165) is 24.3 Å². The fourth-order valence-electron chi connectivity index (χ4n) is 3.42. The van der Waals surface area contributed by atoms with Crippen molar-refractivity contribution in [2.24, 2.45) is 11.8 Å². The van der Waals surface area contributed by atoms with Crippen LogP contribution in [0.15, 0.2) is 12.7 Å². The van der Waals surface area contributed by atoms with E-state index < -0.39 is 33.5 Å². The summed E-state index contributed by atoms with van der Waals surface area (Å²) in [5.41, 5.74) is 0. The van der Waals surface area contributed by atoms with Crippen LogP contribution in [0, 0.1) is 11.8 Å². The Hall–Kier alpha value is -0.860. The molecule has 1 heterocycles. The number of esters is 1. The zero-order chi connectivity index (χ0) is 14.5. The van der Waals surface area contributed by atoms with Gasteiger partial charge in [-0.05, 0) is 18.9 Å². The molecule has 0 amide bonds. The second-order valence-electron chi connectivity index (χ2n) is 5.25. The van der Waals surface area contributed by atoms with Gasteiger partial charge in [-0.15, -0.1) is 0 Å². The maximum atomic E-state index is 11.7. The second kappa shape index (κ2) is 4.85. The Morgan fingerprint density at radius 3 is 2.85 bits per heavy atom. The molecule has 20 heavy (non-hydrogen) atoms. The van der Waals surface area contributed by atoms with Gasteiger partial charge in [0.05, 0.1) is 11.0 Å². The third kappa shape index (κ3) is 2.19. The Balaban J connectivity index is 1.62. The van der Waals surface area contributed by atoms with Crippen LogP contribution >= 0.6 is 11.8 Å². The molecule has 2 saturated carbocycles. The Bertz CT molecular complexity index is 568. The van der Waals surface area contributed by atoms with Crippen LogP contribution in [0.25, 0.3) is 0 Å². The van der Waals surface area contributed by atoms with Crippen molar-refractivity contribution in [2.45, 2.75) is 30.3 Å². The number of rotatable bonds is 4. The quantitative estimate of drug-likeness (QED) is 0.423. The van der Waals surface area contributed by atoms with Crippen molar-refractivity contribution >= 4 is 33.0 Å². The molecule has 3 fully saturated rings. The molecule has 0 aromatic rings. The molecule has 0 aromatic carbocycles. The highest BCUT2D eigenvalue weighted by Crippen LogP contribution is 2.55. The van der Waals surface area contributed by atoms with Gasteiger partial charge in [-0.1, -0.05) is 18.3 Å². The van der Waals surface area contributed by atoms with Crippen LogP contribution in [0.1, 0.15) is 12.8 Å². The van der Waals surface area contributed by atoms with Crippen LogP contribution < -0.4 is 0 Å². The smallest absolute Gasteiger partial charge is 0.316 e. The molecule has 110 valence electrons. The number of carbonyl (C=O) groups is 2. The van der Waals surface area contributed by atoms with E-state index in [1.54, 1.807) is 0 Å². The number of fused-ring (bicyclic) bond motifs is 1. The monoisotopic (exact) mass is 318 g/mol. The Labute approximate surface area is 121 Å². The summed E-state index contributed by atoms with van der Waals surface area (Å²) >= 11 is 0.816. The van der Waals surface area contributed by atoms with E-state index in [2.05, 4.69) is 6.58 Å². The first-order valence-electron chi connectivity index (χ1n) is 6.33. The van der Waals surface area contributed by atoms with Gasteiger partial charge in [0, 0.05) is 11.8 Å². The zero-order valence-electron chi connectivity index (χ0n) is 10.6. The molecule has 5 unspecified atom stereocenters. The molecule has 1 saturated heterocycles. The van der Waals surface area contributed by atoms with Gasteiger partial charge in [0.15, 0.2) is 0 Å². The minimum Gasteiger partial charge on any atom is -0.459 e. The molecule has 0 radical (unpaired) electrons. The zero-order valence-corrected chi connectivity index (χ0v) is 12.2. The SMILES string of the molecule is C=CC(=O)SCC(=O)OC1C2CC3C1OS(=O)(=O)C3C2. The Morgan fingerprint density at radius 1 is 1.40 bits per heavy atom. The molecule has 0 N–H and O–H groups in total. The first-order chi connectivity index (χ1) is 9.42. The van der Waals surface area contributed by atoms with E-state index in [1.807, 2.05) is 0 Å². The molecule has 0 spiro atoms.